The molecule has 0 unspecified atom stereocenters. The number of unbranched alkanes of at least 4 members (excludes halogenated alkanes) is 1. The molecule has 2 rings (SSSR count). The van der Waals surface area contributed by atoms with Gasteiger partial charge < -0.3 is 9.47 Å². The maximum Gasteiger partial charge on any atom is 0.268 e. The summed E-state index contributed by atoms with van der Waals surface area (Å²) in [5, 5.41) is 0.847. The lowest BCUT2D eigenvalue weighted by Crippen LogP contribution is -2.38. The zero-order valence-electron chi connectivity index (χ0n) is 11.2. The second-order valence-electron chi connectivity index (χ2n) is 4.37. The fourth-order valence-electron chi connectivity index (χ4n) is 2.07. The van der Waals surface area contributed by atoms with Gasteiger partial charge in [-0.3, -0.25) is 14.5 Å². The lowest BCUT2D eigenvalue weighted by atomic mass is 10.1. The molecule has 20 heavy (non-hydrogen) atoms. The number of amides is 2. The van der Waals surface area contributed by atoms with Crippen LogP contribution in [0.4, 0.5) is 0 Å². The molecule has 6 heteroatoms. The third-order valence-electron chi connectivity index (χ3n) is 3.08. The maximum atomic E-state index is 12.6. The first-order valence-corrected chi connectivity index (χ1v) is 7.51. The summed E-state index contributed by atoms with van der Waals surface area (Å²) in [4.78, 5) is 25.8. The lowest BCUT2D eigenvalue weighted by Gasteiger charge is -2.18. The fraction of sp³-hybridized carbons (Fsp3) is 0.429. The second kappa shape index (κ2) is 6.74. The monoisotopic (exact) mass is 341 g/mol. The molecule has 0 fully saturated rings. The highest BCUT2D eigenvalue weighted by molar-refractivity contribution is 9.09. The molecule has 0 atom stereocenters. The van der Waals surface area contributed by atoms with Crippen molar-refractivity contribution in [2.75, 3.05) is 25.6 Å². The van der Waals surface area contributed by atoms with Gasteiger partial charge in [-0.1, -0.05) is 22.0 Å². The van der Waals surface area contributed by atoms with Crippen LogP contribution in [0, 0.1) is 0 Å². The van der Waals surface area contributed by atoms with E-state index in [1.807, 2.05) is 0 Å². The van der Waals surface area contributed by atoms with Crippen molar-refractivity contribution < 1.29 is 19.1 Å². The third-order valence-corrected chi connectivity index (χ3v) is 3.65. The van der Waals surface area contributed by atoms with Crippen LogP contribution in [-0.4, -0.2) is 42.3 Å². The molecule has 2 amide bonds. The molecule has 0 radical (unpaired) electrons. The van der Waals surface area contributed by atoms with Crippen molar-refractivity contribution in [2.45, 2.75) is 12.8 Å². The Balaban J connectivity index is 2.31. The first kappa shape index (κ1) is 14.8. The van der Waals surface area contributed by atoms with E-state index in [0.29, 0.717) is 23.6 Å². The van der Waals surface area contributed by atoms with Crippen LogP contribution >= 0.6 is 15.9 Å². The number of rotatable bonds is 5. The fourth-order valence-corrected chi connectivity index (χ4v) is 2.46. The van der Waals surface area contributed by atoms with Gasteiger partial charge in [-0.15, -0.1) is 0 Å². The molecule has 0 aliphatic carbocycles. The molecule has 1 heterocycles. The summed E-state index contributed by atoms with van der Waals surface area (Å²) in [5.41, 5.74) is 0.319. The van der Waals surface area contributed by atoms with Crippen LogP contribution in [0.15, 0.2) is 18.2 Å². The topological polar surface area (TPSA) is 55.8 Å². The first-order chi connectivity index (χ1) is 9.69. The van der Waals surface area contributed by atoms with Crippen molar-refractivity contribution in [1.29, 1.82) is 0 Å². The van der Waals surface area contributed by atoms with E-state index in [4.69, 9.17) is 9.47 Å². The molecule has 108 valence electrons. The average Bonchev–Trinajstić information content (AvgIpc) is 2.58. The largest absolute Gasteiger partial charge is 0.496 e. The minimum Gasteiger partial charge on any atom is -0.496 e. The quantitative estimate of drug-likeness (QED) is 0.468. The van der Waals surface area contributed by atoms with Crippen molar-refractivity contribution >= 4 is 27.7 Å². The van der Waals surface area contributed by atoms with E-state index in [1.54, 1.807) is 18.2 Å². The molecule has 0 N–H and O–H groups in total. The maximum absolute atomic E-state index is 12.6. The number of hydrogen-bond donors (Lipinski definition) is 0. The van der Waals surface area contributed by atoms with Crippen LogP contribution < -0.4 is 9.47 Å². The Morgan fingerprint density at radius 3 is 2.85 bits per heavy atom. The number of nitrogens with zero attached hydrogens (tertiary/aromatic N) is 1. The predicted molar refractivity (Wildman–Crippen MR) is 77.6 cm³/mol. The molecule has 5 nitrogen and oxygen atoms in total. The number of carbonyl (C=O) groups is 2. The summed E-state index contributed by atoms with van der Waals surface area (Å²) in [6, 6.07) is 5.09. The number of fused-ring (bicyclic) bond motifs is 1. The first-order valence-electron chi connectivity index (χ1n) is 6.39. The van der Waals surface area contributed by atoms with Gasteiger partial charge in [0.25, 0.3) is 11.8 Å². The van der Waals surface area contributed by atoms with Gasteiger partial charge in [-0.2, -0.15) is 0 Å². The Morgan fingerprint density at radius 1 is 1.35 bits per heavy atom. The van der Waals surface area contributed by atoms with Gasteiger partial charge in [0.2, 0.25) is 0 Å². The smallest absolute Gasteiger partial charge is 0.268 e. The number of halogens is 1. The van der Waals surface area contributed by atoms with E-state index >= 15 is 0 Å². The molecule has 0 saturated carbocycles. The van der Waals surface area contributed by atoms with Gasteiger partial charge >= 0.3 is 0 Å². The van der Waals surface area contributed by atoms with Gasteiger partial charge in [0.1, 0.15) is 17.1 Å². The standard InChI is InChI=1S/C14H16BrNO4/c1-19-10-5-4-6-11-13(10)14(18)16(8-3-2-7-15)12(17)9-20-11/h4-6H,2-3,7-9H2,1H3. The Kier molecular flexibility index (Phi) is 5.00. The van der Waals surface area contributed by atoms with E-state index in [9.17, 15) is 9.59 Å². The number of methoxy groups -OCH3 is 1. The number of hydrogen-bond acceptors (Lipinski definition) is 4. The van der Waals surface area contributed by atoms with Crippen molar-refractivity contribution in [1.82, 2.24) is 4.90 Å². The number of imide groups is 1. The highest BCUT2D eigenvalue weighted by Crippen LogP contribution is 2.31. The van der Waals surface area contributed by atoms with E-state index in [2.05, 4.69) is 15.9 Å². The van der Waals surface area contributed by atoms with Crippen molar-refractivity contribution in [3.8, 4) is 11.5 Å². The highest BCUT2D eigenvalue weighted by atomic mass is 79.9. The SMILES string of the molecule is COc1cccc2c1C(=O)N(CCCCBr)C(=O)CO2. The van der Waals surface area contributed by atoms with E-state index in [1.165, 1.54) is 12.0 Å². The number of ether oxygens (including phenoxy) is 2. The highest BCUT2D eigenvalue weighted by Gasteiger charge is 2.31. The Bertz CT molecular complexity index is 518. The summed E-state index contributed by atoms with van der Waals surface area (Å²) >= 11 is 3.34. The van der Waals surface area contributed by atoms with Gasteiger partial charge in [0.05, 0.1) is 7.11 Å². The van der Waals surface area contributed by atoms with Gasteiger partial charge in [0.15, 0.2) is 6.61 Å². The van der Waals surface area contributed by atoms with Crippen molar-refractivity contribution in [2.24, 2.45) is 0 Å². The van der Waals surface area contributed by atoms with Crippen LogP contribution in [0.2, 0.25) is 0 Å². The lowest BCUT2D eigenvalue weighted by molar-refractivity contribution is -0.130. The predicted octanol–water partition coefficient (Wildman–Crippen LogP) is 2.23. The summed E-state index contributed by atoms with van der Waals surface area (Å²) < 4.78 is 10.6. The summed E-state index contributed by atoms with van der Waals surface area (Å²) in [6.07, 6.45) is 1.66. The zero-order chi connectivity index (χ0) is 14.5. The molecular formula is C14H16BrNO4. The van der Waals surface area contributed by atoms with E-state index < -0.39 is 0 Å². The minimum absolute atomic E-state index is 0.125. The van der Waals surface area contributed by atoms with Crippen molar-refractivity contribution in [3.63, 3.8) is 0 Å². The van der Waals surface area contributed by atoms with Gasteiger partial charge in [-0.05, 0) is 25.0 Å². The van der Waals surface area contributed by atoms with E-state index in [-0.39, 0.29) is 18.4 Å². The molecule has 1 aromatic carbocycles. The molecule has 1 aromatic rings. The van der Waals surface area contributed by atoms with Crippen molar-refractivity contribution in [3.05, 3.63) is 23.8 Å². The molecule has 1 aliphatic heterocycles. The summed E-state index contributed by atoms with van der Waals surface area (Å²) in [6.45, 7) is 0.268. The van der Waals surface area contributed by atoms with Crippen LogP contribution in [0.3, 0.4) is 0 Å². The number of carbonyl (C=O) groups excluding carboxylic acids is 2. The Labute approximate surface area is 126 Å². The average molecular weight is 342 g/mol. The van der Waals surface area contributed by atoms with Gasteiger partial charge in [0, 0.05) is 11.9 Å². The van der Waals surface area contributed by atoms with E-state index in [0.717, 1.165) is 18.2 Å². The number of alkyl halides is 1. The molecule has 0 aromatic heterocycles. The zero-order valence-corrected chi connectivity index (χ0v) is 12.8. The Hall–Kier alpha value is -1.56. The molecular weight excluding hydrogens is 326 g/mol. The molecule has 0 bridgehead atoms. The summed E-state index contributed by atoms with van der Waals surface area (Å²) in [5.74, 6) is 0.149. The normalized spacial score (nSPS) is 14.6. The molecule has 0 spiro atoms. The summed E-state index contributed by atoms with van der Waals surface area (Å²) in [7, 11) is 1.49. The van der Waals surface area contributed by atoms with Gasteiger partial charge in [-0.25, -0.2) is 0 Å². The number of benzene rings is 1. The third kappa shape index (κ3) is 2.95. The molecule has 1 aliphatic rings. The second-order valence-corrected chi connectivity index (χ2v) is 5.16. The van der Waals surface area contributed by atoms with Crippen LogP contribution in [0.5, 0.6) is 11.5 Å². The Morgan fingerprint density at radius 2 is 2.15 bits per heavy atom. The minimum atomic E-state index is -0.352. The van der Waals surface area contributed by atoms with Crippen LogP contribution in [0.1, 0.15) is 23.2 Å². The molecule has 0 saturated heterocycles. The van der Waals surface area contributed by atoms with Crippen LogP contribution in [-0.2, 0) is 4.79 Å². The van der Waals surface area contributed by atoms with Crippen LogP contribution in [0.25, 0.3) is 0 Å².